The van der Waals surface area contributed by atoms with Crippen LogP contribution in [0.25, 0.3) is 44.8 Å². The van der Waals surface area contributed by atoms with Crippen LogP contribution in [0.5, 0.6) is 0 Å². The highest BCUT2D eigenvalue weighted by Crippen LogP contribution is 2.29. The molecular formula is C39H37N11O3. The van der Waals surface area contributed by atoms with Crippen molar-refractivity contribution in [3.63, 3.8) is 0 Å². The molecule has 0 aliphatic carbocycles. The molecule has 2 aliphatic heterocycles. The first-order chi connectivity index (χ1) is 25.6. The zero-order valence-corrected chi connectivity index (χ0v) is 28.6. The van der Waals surface area contributed by atoms with E-state index in [0.717, 1.165) is 33.2 Å². The van der Waals surface area contributed by atoms with E-state index in [0.29, 0.717) is 72.8 Å². The van der Waals surface area contributed by atoms with Crippen molar-refractivity contribution in [2.45, 2.75) is 37.8 Å². The lowest BCUT2D eigenvalue weighted by molar-refractivity contribution is -0.139. The second kappa shape index (κ2) is 13.4. The molecule has 0 spiro atoms. The lowest BCUT2D eigenvalue weighted by Gasteiger charge is -2.31. The van der Waals surface area contributed by atoms with Gasteiger partial charge in [-0.15, -0.1) is 0 Å². The van der Waals surface area contributed by atoms with Crippen molar-refractivity contribution in [2.24, 2.45) is 11.5 Å². The minimum absolute atomic E-state index is 0.0187. The van der Waals surface area contributed by atoms with Crippen LogP contribution in [0.3, 0.4) is 0 Å². The van der Waals surface area contributed by atoms with Crippen molar-refractivity contribution in [1.29, 1.82) is 10.8 Å². The highest BCUT2D eigenvalue weighted by atomic mass is 16.2. The van der Waals surface area contributed by atoms with Gasteiger partial charge in [-0.2, -0.15) is 0 Å². The van der Waals surface area contributed by atoms with Gasteiger partial charge in [0.2, 0.25) is 11.8 Å². The molecule has 3 amide bonds. The third-order valence-electron chi connectivity index (χ3n) is 10.1. The number of nitrogens with two attached hydrogens (primary N) is 2. The molecule has 9 N–H and O–H groups in total. The maximum absolute atomic E-state index is 14.0. The molecule has 2 fully saturated rings. The third kappa shape index (κ3) is 6.35. The summed E-state index contributed by atoms with van der Waals surface area (Å²) in [5.41, 5.74) is 18.1. The summed E-state index contributed by atoms with van der Waals surface area (Å²) in [5, 5.41) is 18.3. The summed E-state index contributed by atoms with van der Waals surface area (Å²) in [5.74, 6) is 0.530. The Hall–Kier alpha value is -6.83. The summed E-state index contributed by atoms with van der Waals surface area (Å²) in [7, 11) is 0. The Kier molecular flexibility index (Phi) is 8.41. The first kappa shape index (κ1) is 33.3. The lowest BCUT2D eigenvalue weighted by atomic mass is 10.1. The number of nitrogens with one attached hydrogen (secondary N) is 5. The molecule has 14 nitrogen and oxygen atoms in total. The molecule has 2 aromatic heterocycles. The molecule has 4 aromatic carbocycles. The van der Waals surface area contributed by atoms with Crippen LogP contribution in [-0.4, -0.2) is 84.3 Å². The van der Waals surface area contributed by atoms with Crippen LogP contribution < -0.4 is 16.8 Å². The molecular weight excluding hydrogens is 671 g/mol. The number of rotatable bonds is 8. The van der Waals surface area contributed by atoms with Gasteiger partial charge >= 0.3 is 0 Å². The Bertz CT molecular complexity index is 2430. The van der Waals surface area contributed by atoms with Gasteiger partial charge in [-0.25, -0.2) is 9.97 Å². The van der Waals surface area contributed by atoms with E-state index in [1.165, 1.54) is 0 Å². The Labute approximate surface area is 303 Å². The summed E-state index contributed by atoms with van der Waals surface area (Å²) < 4.78 is 0. The van der Waals surface area contributed by atoms with Crippen molar-refractivity contribution in [2.75, 3.05) is 18.4 Å². The van der Waals surface area contributed by atoms with E-state index in [2.05, 4.69) is 25.3 Å². The lowest BCUT2D eigenvalue weighted by Crippen LogP contribution is -2.51. The number of aromatic amines is 2. The second-order valence-electron chi connectivity index (χ2n) is 13.5. The number of H-pyrrole nitrogens is 2. The number of fused-ring (bicyclic) bond motifs is 2. The standard InChI is InChI=1S/C39H37N11O3/c40-33(41)24-11-15-27-29(19-24)47-35(45-27)21-5-7-23(8-6-21)38(52)50-18-2-4-32(50)39(53)49-17-1-3-31(49)37(51)44-26-13-9-22(10-14-26)36-46-28-16-12-25(34(42)43)20-30(28)48-36/h5-16,19-20,31-32H,1-4,17-18H2,(H3,40,41)(H3,42,43)(H,44,51)(H,45,47)(H,46,48)/t31?,32-/m1/s1. The number of nitrogens with zero attached hydrogens (tertiary/aromatic N) is 4. The van der Waals surface area contributed by atoms with Crippen molar-refractivity contribution < 1.29 is 14.4 Å². The van der Waals surface area contributed by atoms with Gasteiger partial charge in [0.05, 0.1) is 22.1 Å². The molecule has 0 bridgehead atoms. The zero-order valence-electron chi connectivity index (χ0n) is 28.6. The molecule has 53 heavy (non-hydrogen) atoms. The summed E-state index contributed by atoms with van der Waals surface area (Å²) in [4.78, 5) is 60.3. The number of benzene rings is 4. The van der Waals surface area contributed by atoms with Crippen LogP contribution in [0.4, 0.5) is 5.69 Å². The molecule has 2 saturated heterocycles. The van der Waals surface area contributed by atoms with Crippen LogP contribution in [0.15, 0.2) is 84.9 Å². The number of hydrogen-bond acceptors (Lipinski definition) is 7. The predicted octanol–water partition coefficient (Wildman–Crippen LogP) is 4.58. The van der Waals surface area contributed by atoms with Crippen LogP contribution in [0.2, 0.25) is 0 Å². The van der Waals surface area contributed by atoms with Gasteiger partial charge in [-0.3, -0.25) is 25.2 Å². The zero-order chi connectivity index (χ0) is 36.8. The minimum Gasteiger partial charge on any atom is -0.384 e. The van der Waals surface area contributed by atoms with Crippen molar-refractivity contribution in [1.82, 2.24) is 29.7 Å². The fraction of sp³-hybridized carbons (Fsp3) is 0.205. The van der Waals surface area contributed by atoms with Gasteiger partial charge in [0, 0.05) is 46.6 Å². The predicted molar refractivity (Wildman–Crippen MR) is 203 cm³/mol. The van der Waals surface area contributed by atoms with Crippen molar-refractivity contribution >= 4 is 57.1 Å². The first-order valence-electron chi connectivity index (χ1n) is 17.4. The Morgan fingerprint density at radius 3 is 1.70 bits per heavy atom. The summed E-state index contributed by atoms with van der Waals surface area (Å²) in [6.07, 6.45) is 2.46. The van der Waals surface area contributed by atoms with Gasteiger partial charge in [0.25, 0.3) is 5.91 Å². The summed E-state index contributed by atoms with van der Waals surface area (Å²) in [6, 6.07) is 23.8. The summed E-state index contributed by atoms with van der Waals surface area (Å²) >= 11 is 0. The van der Waals surface area contributed by atoms with E-state index < -0.39 is 12.1 Å². The number of hydrogen-bond donors (Lipinski definition) is 7. The topological polar surface area (TPSA) is 227 Å². The number of imidazole rings is 2. The van der Waals surface area contributed by atoms with Crippen molar-refractivity contribution in [3.8, 4) is 22.8 Å². The number of aromatic nitrogens is 4. The number of amidine groups is 2. The Balaban J connectivity index is 0.919. The highest BCUT2D eigenvalue weighted by Gasteiger charge is 2.42. The smallest absolute Gasteiger partial charge is 0.254 e. The largest absolute Gasteiger partial charge is 0.384 e. The Morgan fingerprint density at radius 2 is 1.15 bits per heavy atom. The van der Waals surface area contributed by atoms with E-state index in [4.69, 9.17) is 22.3 Å². The van der Waals surface area contributed by atoms with E-state index in [1.807, 2.05) is 30.3 Å². The molecule has 2 aliphatic rings. The first-order valence-corrected chi connectivity index (χ1v) is 17.4. The molecule has 0 saturated carbocycles. The SMILES string of the molecule is N=C(N)c1ccc2nc(-c3ccc(NC(=O)C4CCCN4C(=O)[C@H]4CCCN4C(=O)c4ccc(-c5nc6ccc(C(=N)N)cc6[nH]5)cc4)cc3)[nH]c2c1. The number of carbonyl (C=O) groups excluding carboxylic acids is 3. The molecule has 0 radical (unpaired) electrons. The monoisotopic (exact) mass is 707 g/mol. The fourth-order valence-electron chi connectivity index (χ4n) is 7.26. The van der Waals surface area contributed by atoms with E-state index in [-0.39, 0.29) is 29.4 Å². The van der Waals surface area contributed by atoms with E-state index in [1.54, 1.807) is 64.4 Å². The minimum atomic E-state index is -0.643. The number of nitrogen functional groups attached to an aromatic ring is 2. The van der Waals surface area contributed by atoms with Crippen LogP contribution >= 0.6 is 0 Å². The van der Waals surface area contributed by atoms with Crippen LogP contribution in [0.1, 0.15) is 47.2 Å². The van der Waals surface area contributed by atoms with Gasteiger partial charge in [0.1, 0.15) is 35.4 Å². The Morgan fingerprint density at radius 1 is 0.660 bits per heavy atom. The van der Waals surface area contributed by atoms with E-state index >= 15 is 0 Å². The maximum atomic E-state index is 14.0. The number of carbonyl (C=O) groups is 3. The average molecular weight is 708 g/mol. The number of anilines is 1. The summed E-state index contributed by atoms with van der Waals surface area (Å²) in [6.45, 7) is 0.908. The normalized spacial score (nSPS) is 17.1. The van der Waals surface area contributed by atoms with Crippen molar-refractivity contribution in [3.05, 3.63) is 102 Å². The molecule has 1 unspecified atom stereocenters. The van der Waals surface area contributed by atoms with Gasteiger partial charge in [-0.05, 0) is 98.5 Å². The van der Waals surface area contributed by atoms with Gasteiger partial charge < -0.3 is 36.6 Å². The van der Waals surface area contributed by atoms with Gasteiger partial charge in [-0.1, -0.05) is 12.1 Å². The fourth-order valence-corrected chi connectivity index (χ4v) is 7.26. The van der Waals surface area contributed by atoms with E-state index in [9.17, 15) is 14.4 Å². The van der Waals surface area contributed by atoms with Crippen LogP contribution in [0, 0.1) is 10.8 Å². The average Bonchev–Trinajstić information content (AvgIpc) is 3.99. The molecule has 266 valence electrons. The number of amides is 3. The van der Waals surface area contributed by atoms with Crippen LogP contribution in [-0.2, 0) is 9.59 Å². The third-order valence-corrected chi connectivity index (χ3v) is 10.1. The molecule has 6 aromatic rings. The van der Waals surface area contributed by atoms with Gasteiger partial charge in [0.15, 0.2) is 0 Å². The number of likely N-dealkylation sites (tertiary alicyclic amines) is 2. The molecule has 2 atom stereocenters. The molecule has 14 heteroatoms. The molecule has 8 rings (SSSR count). The maximum Gasteiger partial charge on any atom is 0.254 e. The quantitative estimate of drug-likeness (QED) is 0.0880. The second-order valence-corrected chi connectivity index (χ2v) is 13.5. The molecule has 4 heterocycles. The highest BCUT2D eigenvalue weighted by molar-refractivity contribution is 6.02.